The molecule has 0 spiro atoms. The van der Waals surface area contributed by atoms with E-state index in [-0.39, 0.29) is 16.8 Å². The topological polar surface area (TPSA) is 101 Å². The summed E-state index contributed by atoms with van der Waals surface area (Å²) in [7, 11) is -3.52. The van der Waals surface area contributed by atoms with E-state index >= 15 is 0 Å². The van der Waals surface area contributed by atoms with Crippen molar-refractivity contribution in [3.05, 3.63) is 24.3 Å². The molecule has 1 amide bonds. The number of anilines is 1. The number of hydrogen-bond acceptors (Lipinski definition) is 4. The van der Waals surface area contributed by atoms with Crippen LogP contribution in [0.4, 0.5) is 5.69 Å². The summed E-state index contributed by atoms with van der Waals surface area (Å²) in [6.45, 7) is 5.46. The second kappa shape index (κ2) is 7.53. The lowest BCUT2D eigenvalue weighted by Crippen LogP contribution is -2.35. The molecule has 0 aromatic heterocycles. The van der Waals surface area contributed by atoms with E-state index in [0.29, 0.717) is 12.1 Å². The first-order chi connectivity index (χ1) is 9.76. The zero-order valence-electron chi connectivity index (χ0n) is 12.6. The molecule has 0 heterocycles. The predicted molar refractivity (Wildman–Crippen MR) is 83.4 cm³/mol. The lowest BCUT2D eigenvalue weighted by atomic mass is 10.1. The van der Waals surface area contributed by atoms with E-state index in [1.54, 1.807) is 26.0 Å². The SMILES string of the molecule is CCCC(N)C(=O)Nc1ccc(S(=O)(=O)NC(C)C)cc1. The van der Waals surface area contributed by atoms with Gasteiger partial charge in [-0.15, -0.1) is 0 Å². The molecule has 0 saturated heterocycles. The summed E-state index contributed by atoms with van der Waals surface area (Å²) < 4.78 is 26.4. The fraction of sp³-hybridized carbons (Fsp3) is 0.500. The van der Waals surface area contributed by atoms with E-state index in [2.05, 4.69) is 10.0 Å². The summed E-state index contributed by atoms with van der Waals surface area (Å²) in [6, 6.07) is 5.26. The number of nitrogens with one attached hydrogen (secondary N) is 2. The first-order valence-corrected chi connectivity index (χ1v) is 8.43. The van der Waals surface area contributed by atoms with Crippen molar-refractivity contribution in [3.8, 4) is 0 Å². The van der Waals surface area contributed by atoms with Crippen LogP contribution in [0.3, 0.4) is 0 Å². The average molecular weight is 313 g/mol. The lowest BCUT2D eigenvalue weighted by Gasteiger charge is -2.12. The number of rotatable bonds is 7. The smallest absolute Gasteiger partial charge is 0.241 e. The maximum Gasteiger partial charge on any atom is 0.241 e. The Morgan fingerprint density at radius 3 is 2.29 bits per heavy atom. The molecular weight excluding hydrogens is 290 g/mol. The third kappa shape index (κ3) is 5.45. The second-order valence-corrected chi connectivity index (χ2v) is 6.90. The number of carbonyl (C=O) groups excluding carboxylic acids is 1. The zero-order chi connectivity index (χ0) is 16.0. The summed E-state index contributed by atoms with van der Waals surface area (Å²) in [5.74, 6) is -0.271. The molecule has 6 nitrogen and oxygen atoms in total. The minimum atomic E-state index is -3.52. The molecule has 118 valence electrons. The number of sulfonamides is 1. The first-order valence-electron chi connectivity index (χ1n) is 6.95. The molecule has 0 aliphatic heterocycles. The summed E-state index contributed by atoms with van der Waals surface area (Å²) in [4.78, 5) is 11.9. The Balaban J connectivity index is 2.77. The quantitative estimate of drug-likeness (QED) is 0.709. The molecule has 0 radical (unpaired) electrons. The third-order valence-corrected chi connectivity index (χ3v) is 4.43. The summed E-state index contributed by atoms with van der Waals surface area (Å²) in [5.41, 5.74) is 6.23. The van der Waals surface area contributed by atoms with E-state index in [9.17, 15) is 13.2 Å². The Bertz CT molecular complexity index is 568. The number of carbonyl (C=O) groups is 1. The van der Waals surface area contributed by atoms with Gasteiger partial charge in [0.15, 0.2) is 0 Å². The molecule has 21 heavy (non-hydrogen) atoms. The van der Waals surface area contributed by atoms with Crippen molar-refractivity contribution in [2.45, 2.75) is 50.6 Å². The molecule has 4 N–H and O–H groups in total. The van der Waals surface area contributed by atoms with Gasteiger partial charge in [-0.1, -0.05) is 13.3 Å². The normalized spacial score (nSPS) is 13.2. The van der Waals surface area contributed by atoms with E-state index < -0.39 is 16.1 Å². The highest BCUT2D eigenvalue weighted by Gasteiger charge is 2.16. The molecule has 0 aliphatic rings. The van der Waals surface area contributed by atoms with Crippen LogP contribution in [0.5, 0.6) is 0 Å². The van der Waals surface area contributed by atoms with Crippen molar-refractivity contribution in [2.75, 3.05) is 5.32 Å². The number of benzene rings is 1. The molecule has 1 atom stereocenters. The van der Waals surface area contributed by atoms with Crippen molar-refractivity contribution in [1.29, 1.82) is 0 Å². The fourth-order valence-electron chi connectivity index (χ4n) is 1.77. The van der Waals surface area contributed by atoms with Crippen LogP contribution in [0.2, 0.25) is 0 Å². The highest BCUT2D eigenvalue weighted by atomic mass is 32.2. The van der Waals surface area contributed by atoms with Crippen LogP contribution < -0.4 is 15.8 Å². The van der Waals surface area contributed by atoms with E-state index in [1.807, 2.05) is 6.92 Å². The van der Waals surface area contributed by atoms with Crippen molar-refractivity contribution in [3.63, 3.8) is 0 Å². The standard InChI is InChI=1S/C14H23N3O3S/c1-4-5-13(15)14(18)16-11-6-8-12(9-7-11)21(19,20)17-10(2)3/h6-10,13,17H,4-5,15H2,1-3H3,(H,16,18). The van der Waals surface area contributed by atoms with Gasteiger partial charge in [-0.2, -0.15) is 0 Å². The molecule has 1 aromatic rings. The van der Waals surface area contributed by atoms with Gasteiger partial charge in [-0.3, -0.25) is 4.79 Å². The Morgan fingerprint density at radius 1 is 1.24 bits per heavy atom. The second-order valence-electron chi connectivity index (χ2n) is 5.18. The molecule has 0 saturated carbocycles. The Hall–Kier alpha value is -1.44. The summed E-state index contributed by atoms with van der Waals surface area (Å²) in [6.07, 6.45) is 1.43. The molecule has 0 aliphatic carbocycles. The van der Waals surface area contributed by atoms with E-state index in [1.165, 1.54) is 12.1 Å². The van der Waals surface area contributed by atoms with Crippen molar-refractivity contribution in [1.82, 2.24) is 4.72 Å². The molecular formula is C14H23N3O3S. The van der Waals surface area contributed by atoms with Gasteiger partial charge >= 0.3 is 0 Å². The Labute approximate surface area is 126 Å². The molecule has 1 rings (SSSR count). The van der Waals surface area contributed by atoms with Crippen LogP contribution in [0.15, 0.2) is 29.2 Å². The number of amides is 1. The monoisotopic (exact) mass is 313 g/mol. The summed E-state index contributed by atoms with van der Waals surface area (Å²) >= 11 is 0. The van der Waals surface area contributed by atoms with E-state index in [0.717, 1.165) is 6.42 Å². The van der Waals surface area contributed by atoms with Crippen LogP contribution >= 0.6 is 0 Å². The van der Waals surface area contributed by atoms with E-state index in [4.69, 9.17) is 5.73 Å². The van der Waals surface area contributed by atoms with Gasteiger partial charge in [0, 0.05) is 11.7 Å². The van der Waals surface area contributed by atoms with Gasteiger partial charge in [0.2, 0.25) is 15.9 Å². The van der Waals surface area contributed by atoms with Gasteiger partial charge in [0.1, 0.15) is 0 Å². The Morgan fingerprint density at radius 2 is 1.81 bits per heavy atom. The van der Waals surface area contributed by atoms with Gasteiger partial charge in [0.05, 0.1) is 10.9 Å². The first kappa shape index (κ1) is 17.6. The van der Waals surface area contributed by atoms with Gasteiger partial charge in [-0.25, -0.2) is 13.1 Å². The number of hydrogen-bond donors (Lipinski definition) is 3. The van der Waals surface area contributed by atoms with Crippen molar-refractivity contribution < 1.29 is 13.2 Å². The highest BCUT2D eigenvalue weighted by molar-refractivity contribution is 7.89. The zero-order valence-corrected chi connectivity index (χ0v) is 13.4. The maximum atomic E-state index is 12.0. The minimum Gasteiger partial charge on any atom is -0.325 e. The highest BCUT2D eigenvalue weighted by Crippen LogP contribution is 2.14. The van der Waals surface area contributed by atoms with Crippen molar-refractivity contribution in [2.24, 2.45) is 5.73 Å². The van der Waals surface area contributed by atoms with Crippen LogP contribution in [-0.2, 0) is 14.8 Å². The van der Waals surface area contributed by atoms with Crippen LogP contribution in [0.1, 0.15) is 33.6 Å². The van der Waals surface area contributed by atoms with Crippen molar-refractivity contribution >= 4 is 21.6 Å². The predicted octanol–water partition coefficient (Wildman–Crippen LogP) is 1.44. The molecule has 0 fully saturated rings. The maximum absolute atomic E-state index is 12.0. The molecule has 7 heteroatoms. The fourth-order valence-corrected chi connectivity index (χ4v) is 3.02. The Kier molecular flexibility index (Phi) is 6.32. The minimum absolute atomic E-state index is 0.159. The summed E-state index contributed by atoms with van der Waals surface area (Å²) in [5, 5.41) is 2.67. The van der Waals surface area contributed by atoms with Gasteiger partial charge in [-0.05, 0) is 44.5 Å². The van der Waals surface area contributed by atoms with Crippen LogP contribution in [-0.4, -0.2) is 26.4 Å². The number of nitrogens with two attached hydrogens (primary N) is 1. The van der Waals surface area contributed by atoms with Crippen LogP contribution in [0, 0.1) is 0 Å². The van der Waals surface area contributed by atoms with Gasteiger partial charge in [0.25, 0.3) is 0 Å². The molecule has 1 aromatic carbocycles. The van der Waals surface area contributed by atoms with Crippen LogP contribution in [0.25, 0.3) is 0 Å². The third-order valence-electron chi connectivity index (χ3n) is 2.76. The largest absolute Gasteiger partial charge is 0.325 e. The average Bonchev–Trinajstić information content (AvgIpc) is 2.38. The van der Waals surface area contributed by atoms with Gasteiger partial charge < -0.3 is 11.1 Å². The lowest BCUT2D eigenvalue weighted by molar-refractivity contribution is -0.117. The molecule has 0 bridgehead atoms. The molecule has 1 unspecified atom stereocenters.